The van der Waals surface area contributed by atoms with E-state index in [0.29, 0.717) is 5.56 Å². The van der Waals surface area contributed by atoms with Gasteiger partial charge >= 0.3 is 18.1 Å². The number of nitrogens with zero attached hydrogens (tertiary/aromatic N) is 1. The number of thiophene rings is 1. The molecular formula is C30H27F3N2O7S. The van der Waals surface area contributed by atoms with Crippen LogP contribution >= 0.6 is 11.3 Å². The van der Waals surface area contributed by atoms with Crippen LogP contribution in [0, 0.1) is 11.8 Å². The number of Topliss-reactive ketones (excluding diaryl/α,β-unsaturated/α-hetero) is 1. The van der Waals surface area contributed by atoms with Gasteiger partial charge < -0.3 is 9.84 Å². The van der Waals surface area contributed by atoms with E-state index in [1.165, 1.54) is 32.4 Å². The molecule has 2 aromatic carbocycles. The van der Waals surface area contributed by atoms with Crippen molar-refractivity contribution in [3.05, 3.63) is 82.7 Å². The van der Waals surface area contributed by atoms with E-state index in [1.54, 1.807) is 0 Å². The monoisotopic (exact) mass is 616 g/mol. The number of ether oxygens (including phenoxy) is 1. The number of likely N-dealkylation sites (tertiary alicyclic amines) is 1. The van der Waals surface area contributed by atoms with Crippen LogP contribution in [-0.4, -0.2) is 65.4 Å². The Bertz CT molecular complexity index is 1560. The number of aliphatic carboxylic acids is 1. The molecule has 1 aromatic heterocycles. The van der Waals surface area contributed by atoms with E-state index in [1.807, 2.05) is 66.0 Å². The zero-order chi connectivity index (χ0) is 31.7. The minimum absolute atomic E-state index is 0.0152. The van der Waals surface area contributed by atoms with Gasteiger partial charge in [0.05, 0.1) is 18.9 Å². The first kappa shape index (κ1) is 31.6. The molecule has 0 bridgehead atoms. The fraction of sp³-hybridized carbons (Fsp3) is 0.300. The molecule has 2 amide bonds. The summed E-state index contributed by atoms with van der Waals surface area (Å²) in [7, 11) is 2.77. The molecule has 0 saturated carbocycles. The zero-order valence-corrected chi connectivity index (χ0v) is 24.0. The topological polar surface area (TPSA) is 130 Å². The molecule has 226 valence electrons. The number of hydrogen-bond donors (Lipinski definition) is 2. The Morgan fingerprint density at radius 1 is 1.05 bits per heavy atom. The van der Waals surface area contributed by atoms with E-state index >= 15 is 0 Å². The van der Waals surface area contributed by atoms with Crippen molar-refractivity contribution in [3.8, 4) is 10.4 Å². The summed E-state index contributed by atoms with van der Waals surface area (Å²) in [4.78, 5) is 62.6. The number of carbonyl (C=O) groups is 5. The summed E-state index contributed by atoms with van der Waals surface area (Å²) < 4.78 is 36.9. The van der Waals surface area contributed by atoms with Gasteiger partial charge in [0, 0.05) is 35.3 Å². The Morgan fingerprint density at radius 3 is 2.16 bits per heavy atom. The average Bonchev–Trinajstić information content (AvgIpc) is 3.66. The lowest BCUT2D eigenvalue weighted by atomic mass is 9.76. The predicted octanol–water partition coefficient (Wildman–Crippen LogP) is 4.28. The van der Waals surface area contributed by atoms with Gasteiger partial charge in [-0.15, -0.1) is 11.3 Å². The number of halogens is 3. The normalized spacial score (nSPS) is 22.9. The van der Waals surface area contributed by atoms with Crippen molar-refractivity contribution in [2.24, 2.45) is 11.8 Å². The van der Waals surface area contributed by atoms with E-state index in [0.717, 1.165) is 26.5 Å². The van der Waals surface area contributed by atoms with Crippen LogP contribution in [0.25, 0.3) is 10.4 Å². The van der Waals surface area contributed by atoms with E-state index in [9.17, 15) is 32.3 Å². The van der Waals surface area contributed by atoms with Crippen LogP contribution in [0.2, 0.25) is 0 Å². The van der Waals surface area contributed by atoms with Crippen molar-refractivity contribution in [1.82, 2.24) is 10.2 Å². The molecule has 3 aromatic rings. The third-order valence-electron chi connectivity index (χ3n) is 7.55. The van der Waals surface area contributed by atoms with Gasteiger partial charge in [-0.2, -0.15) is 13.2 Å². The maximum absolute atomic E-state index is 13.3. The summed E-state index contributed by atoms with van der Waals surface area (Å²) in [5, 5.41) is 12.4. The van der Waals surface area contributed by atoms with Crippen molar-refractivity contribution in [3.63, 3.8) is 0 Å². The zero-order valence-electron chi connectivity index (χ0n) is 23.2. The maximum atomic E-state index is 13.3. The Hall–Kier alpha value is -4.36. The van der Waals surface area contributed by atoms with E-state index < -0.39 is 41.5 Å². The molecule has 13 heteroatoms. The molecule has 2 fully saturated rings. The third kappa shape index (κ3) is 6.09. The van der Waals surface area contributed by atoms with Gasteiger partial charge in [0.1, 0.15) is 5.54 Å². The molecule has 0 spiro atoms. The number of carboxylic acids is 1. The SMILES string of the molecule is COC(=O)[C@]1(Cc2ccccc2)NC(c2ccc(-c3cc(C(C)=O)cs3)cc2)C2C(=O)N(C)C(=O)C21.O=C(O)C(F)(F)F. The van der Waals surface area contributed by atoms with Crippen LogP contribution in [0.1, 0.15) is 34.5 Å². The fourth-order valence-electron chi connectivity index (χ4n) is 5.48. The Morgan fingerprint density at radius 2 is 1.65 bits per heavy atom. The minimum Gasteiger partial charge on any atom is -0.475 e. The Kier molecular flexibility index (Phi) is 8.88. The molecule has 2 N–H and O–H groups in total. The molecule has 3 unspecified atom stereocenters. The number of carboxylic acid groups (broad SMARTS) is 1. The number of amides is 2. The molecule has 43 heavy (non-hydrogen) atoms. The molecule has 3 heterocycles. The number of fused-ring (bicyclic) bond motifs is 1. The number of hydrogen-bond acceptors (Lipinski definition) is 8. The average molecular weight is 617 g/mol. The smallest absolute Gasteiger partial charge is 0.475 e. The summed E-state index contributed by atoms with van der Waals surface area (Å²) in [5.74, 6) is -5.62. The standard InChI is InChI=1S/C28H26N2O5S.C2HF3O2/c1-16(31)20-13-21(36-15-20)18-9-11-19(12-10-18)24-22-23(26(33)30(2)25(22)32)28(29-24,27(34)35-3)14-17-7-5-4-6-8-17;3-2(4,5)1(6)7/h4-13,15,22-24,29H,14H2,1-3H3;(H,6,7)/t22?,23?,24?,28-;/m1./s1. The van der Waals surface area contributed by atoms with Gasteiger partial charge in [0.25, 0.3) is 0 Å². The molecule has 0 radical (unpaired) electrons. The van der Waals surface area contributed by atoms with Gasteiger partial charge in [0.2, 0.25) is 11.8 Å². The molecule has 0 aliphatic carbocycles. The highest BCUT2D eigenvalue weighted by molar-refractivity contribution is 7.13. The van der Waals surface area contributed by atoms with Crippen LogP contribution in [0.5, 0.6) is 0 Å². The second-order valence-corrected chi connectivity index (χ2v) is 11.1. The highest BCUT2D eigenvalue weighted by Crippen LogP contribution is 2.50. The summed E-state index contributed by atoms with van der Waals surface area (Å²) in [6.07, 6.45) is -4.87. The second kappa shape index (κ2) is 12.1. The van der Waals surface area contributed by atoms with Crippen LogP contribution in [0.4, 0.5) is 13.2 Å². The first-order valence-corrected chi connectivity index (χ1v) is 13.8. The van der Waals surface area contributed by atoms with Crippen molar-refractivity contribution in [2.45, 2.75) is 31.1 Å². The lowest BCUT2D eigenvalue weighted by Gasteiger charge is -2.32. The fourth-order valence-corrected chi connectivity index (χ4v) is 6.44. The van der Waals surface area contributed by atoms with Gasteiger partial charge in [-0.25, -0.2) is 4.79 Å². The lowest BCUT2D eigenvalue weighted by molar-refractivity contribution is -0.192. The van der Waals surface area contributed by atoms with Crippen molar-refractivity contribution < 1.29 is 47.0 Å². The molecule has 2 aliphatic heterocycles. The van der Waals surface area contributed by atoms with E-state index in [4.69, 9.17) is 14.6 Å². The number of rotatable bonds is 6. The van der Waals surface area contributed by atoms with Crippen molar-refractivity contribution >= 4 is 40.9 Å². The second-order valence-electron chi connectivity index (χ2n) is 10.2. The largest absolute Gasteiger partial charge is 0.490 e. The summed E-state index contributed by atoms with van der Waals surface area (Å²) >= 11 is 1.49. The Labute approximate surface area is 248 Å². The number of carbonyl (C=O) groups excluding carboxylic acids is 4. The third-order valence-corrected chi connectivity index (χ3v) is 8.53. The van der Waals surface area contributed by atoms with Crippen LogP contribution in [0.3, 0.4) is 0 Å². The van der Waals surface area contributed by atoms with Gasteiger partial charge in [0.15, 0.2) is 5.78 Å². The number of imide groups is 1. The molecule has 5 rings (SSSR count). The van der Waals surface area contributed by atoms with Crippen molar-refractivity contribution in [2.75, 3.05) is 14.2 Å². The predicted molar refractivity (Wildman–Crippen MR) is 149 cm³/mol. The quantitative estimate of drug-likeness (QED) is 0.239. The molecule has 4 atom stereocenters. The molecule has 2 saturated heterocycles. The lowest BCUT2D eigenvalue weighted by Crippen LogP contribution is -2.57. The molecule has 9 nitrogen and oxygen atoms in total. The number of ketones is 1. The summed E-state index contributed by atoms with van der Waals surface area (Å²) in [6.45, 7) is 1.54. The van der Waals surface area contributed by atoms with Gasteiger partial charge in [-0.05, 0) is 29.7 Å². The van der Waals surface area contributed by atoms with Gasteiger partial charge in [-0.3, -0.25) is 29.4 Å². The number of nitrogens with one attached hydrogen (secondary N) is 1. The van der Waals surface area contributed by atoms with Gasteiger partial charge in [-0.1, -0.05) is 54.6 Å². The first-order chi connectivity index (χ1) is 20.2. The highest BCUT2D eigenvalue weighted by atomic mass is 32.1. The minimum atomic E-state index is -5.08. The van der Waals surface area contributed by atoms with E-state index in [-0.39, 0.29) is 24.0 Å². The molecule has 2 aliphatic rings. The first-order valence-electron chi connectivity index (χ1n) is 12.9. The van der Waals surface area contributed by atoms with E-state index in [2.05, 4.69) is 5.32 Å². The number of alkyl halides is 3. The Balaban J connectivity index is 0.000000541. The van der Waals surface area contributed by atoms with Crippen LogP contribution < -0.4 is 5.32 Å². The summed E-state index contributed by atoms with van der Waals surface area (Å²) in [5.41, 5.74) is 1.89. The van der Waals surface area contributed by atoms with Crippen LogP contribution in [0.15, 0.2) is 66.0 Å². The molecular weight excluding hydrogens is 589 g/mol. The maximum Gasteiger partial charge on any atom is 0.490 e. The summed E-state index contributed by atoms with van der Waals surface area (Å²) in [6, 6.07) is 18.4. The van der Waals surface area contributed by atoms with Crippen molar-refractivity contribution in [1.29, 1.82) is 0 Å². The number of benzene rings is 2. The van der Waals surface area contributed by atoms with Crippen LogP contribution in [-0.2, 0) is 30.3 Å². The number of esters is 1. The number of methoxy groups -OCH3 is 1. The highest BCUT2D eigenvalue weighted by Gasteiger charge is 2.68.